The van der Waals surface area contributed by atoms with Gasteiger partial charge in [0.05, 0.1) is 12.3 Å². The highest BCUT2D eigenvalue weighted by molar-refractivity contribution is 6.31. The Labute approximate surface area is 158 Å². The van der Waals surface area contributed by atoms with Crippen LogP contribution in [0, 0.1) is 5.92 Å². The van der Waals surface area contributed by atoms with E-state index in [0.29, 0.717) is 29.0 Å². The van der Waals surface area contributed by atoms with E-state index in [2.05, 4.69) is 17.1 Å². The van der Waals surface area contributed by atoms with Gasteiger partial charge in [-0.3, -0.25) is 4.79 Å². The minimum Gasteiger partial charge on any atom is -0.481 e. The van der Waals surface area contributed by atoms with E-state index in [1.54, 1.807) is 6.07 Å². The first-order valence-corrected chi connectivity index (χ1v) is 9.60. The second-order valence-corrected chi connectivity index (χ2v) is 7.34. The molecule has 142 valence electrons. The number of unbranched alkanes of at least 4 members (excludes halogenated alkanes) is 1. The number of piperidine rings is 1. The zero-order valence-corrected chi connectivity index (χ0v) is 15.8. The molecular weight excluding hydrogens is 356 g/mol. The van der Waals surface area contributed by atoms with E-state index in [1.807, 2.05) is 0 Å². The van der Waals surface area contributed by atoms with Crippen LogP contribution in [0.1, 0.15) is 43.0 Å². The Bertz CT molecular complexity index is 672. The van der Waals surface area contributed by atoms with Crippen LogP contribution in [0.3, 0.4) is 0 Å². The monoisotopic (exact) mass is 380 g/mol. The molecule has 0 radical (unpaired) electrons. The van der Waals surface area contributed by atoms with Gasteiger partial charge in [-0.15, -0.1) is 0 Å². The van der Waals surface area contributed by atoms with Crippen molar-refractivity contribution in [2.45, 2.75) is 32.6 Å². The number of rotatable bonds is 6. The largest absolute Gasteiger partial charge is 0.481 e. The van der Waals surface area contributed by atoms with Crippen molar-refractivity contribution >= 4 is 29.2 Å². The van der Waals surface area contributed by atoms with E-state index in [9.17, 15) is 9.59 Å². The summed E-state index contributed by atoms with van der Waals surface area (Å²) in [6.07, 6.45) is 4.52. The Hall–Kier alpha value is -1.79. The number of fused-ring (bicyclic) bond motifs is 1. The van der Waals surface area contributed by atoms with Gasteiger partial charge in [0.2, 0.25) is 0 Å². The smallest absolute Gasteiger partial charge is 0.342 e. The zero-order valence-electron chi connectivity index (χ0n) is 15.1. The van der Waals surface area contributed by atoms with Gasteiger partial charge in [-0.25, -0.2) is 4.79 Å². The van der Waals surface area contributed by atoms with Gasteiger partial charge in [-0.2, -0.15) is 0 Å². The van der Waals surface area contributed by atoms with Crippen molar-refractivity contribution < 1.29 is 19.1 Å². The topological polar surface area (TPSA) is 67.9 Å². The average Bonchev–Trinajstić information content (AvgIpc) is 2.64. The van der Waals surface area contributed by atoms with E-state index in [1.165, 1.54) is 18.9 Å². The highest BCUT2D eigenvalue weighted by Gasteiger charge is 2.26. The molecule has 0 unspecified atom stereocenters. The second-order valence-electron chi connectivity index (χ2n) is 6.90. The van der Waals surface area contributed by atoms with Gasteiger partial charge in [0.1, 0.15) is 5.56 Å². The number of nitrogens with one attached hydrogen (secondary N) is 1. The van der Waals surface area contributed by atoms with Gasteiger partial charge in [0.15, 0.2) is 12.4 Å². The Morgan fingerprint density at radius 3 is 2.88 bits per heavy atom. The molecule has 1 saturated heterocycles. The maximum Gasteiger partial charge on any atom is 0.342 e. The van der Waals surface area contributed by atoms with Crippen molar-refractivity contribution in [3.63, 3.8) is 0 Å². The molecule has 7 heteroatoms. The SMILES string of the molecule is CCCCN1CCC(COC(=O)c2cc(Cl)cc3c2OCC(=O)N3)CC1. The normalized spacial score (nSPS) is 18.0. The predicted molar refractivity (Wildman–Crippen MR) is 99.9 cm³/mol. The standard InChI is InChI=1S/C19H25ClN2O4/c1-2-3-6-22-7-4-13(5-8-22)11-26-19(24)15-9-14(20)10-16-18(15)25-12-17(23)21-16/h9-10,13H,2-8,11-12H2,1H3,(H,21,23). The molecule has 0 spiro atoms. The third-order valence-corrected chi connectivity index (χ3v) is 5.10. The third-order valence-electron chi connectivity index (χ3n) is 4.88. The molecule has 2 heterocycles. The van der Waals surface area contributed by atoms with Gasteiger partial charge < -0.3 is 19.7 Å². The third kappa shape index (κ3) is 4.68. The number of anilines is 1. The van der Waals surface area contributed by atoms with Gasteiger partial charge in [-0.1, -0.05) is 24.9 Å². The van der Waals surface area contributed by atoms with Crippen molar-refractivity contribution in [3.05, 3.63) is 22.7 Å². The van der Waals surface area contributed by atoms with E-state index in [0.717, 1.165) is 32.5 Å². The Kier molecular flexibility index (Phi) is 6.38. The van der Waals surface area contributed by atoms with Crippen LogP contribution in [-0.4, -0.2) is 49.6 Å². The number of amides is 1. The minimum absolute atomic E-state index is 0.120. The average molecular weight is 381 g/mol. The van der Waals surface area contributed by atoms with Gasteiger partial charge >= 0.3 is 5.97 Å². The molecule has 6 nitrogen and oxygen atoms in total. The lowest BCUT2D eigenvalue weighted by atomic mass is 9.97. The molecule has 2 aliphatic rings. The number of halogens is 1. The van der Waals surface area contributed by atoms with Crippen LogP contribution >= 0.6 is 11.6 Å². The number of hydrogen-bond donors (Lipinski definition) is 1. The predicted octanol–water partition coefficient (Wildman–Crippen LogP) is 3.34. The number of ether oxygens (including phenoxy) is 2. The number of esters is 1. The lowest BCUT2D eigenvalue weighted by Gasteiger charge is -2.31. The molecule has 0 aliphatic carbocycles. The van der Waals surface area contributed by atoms with Crippen molar-refractivity contribution in [2.24, 2.45) is 5.92 Å². The summed E-state index contributed by atoms with van der Waals surface area (Å²) in [5.74, 6) is -0.0249. The van der Waals surface area contributed by atoms with Crippen LogP contribution in [0.5, 0.6) is 5.75 Å². The number of carbonyl (C=O) groups is 2. The van der Waals surface area contributed by atoms with Crippen LogP contribution in [0.2, 0.25) is 5.02 Å². The summed E-state index contributed by atoms with van der Waals surface area (Å²) >= 11 is 6.06. The molecule has 1 aromatic carbocycles. The van der Waals surface area contributed by atoms with Crippen LogP contribution in [0.25, 0.3) is 0 Å². The van der Waals surface area contributed by atoms with Crippen LogP contribution in [-0.2, 0) is 9.53 Å². The maximum absolute atomic E-state index is 12.5. The van der Waals surface area contributed by atoms with Crippen LogP contribution in [0.15, 0.2) is 12.1 Å². The Morgan fingerprint density at radius 2 is 2.15 bits per heavy atom. The van der Waals surface area contributed by atoms with E-state index in [4.69, 9.17) is 21.1 Å². The van der Waals surface area contributed by atoms with Crippen molar-refractivity contribution in [3.8, 4) is 5.75 Å². The van der Waals surface area contributed by atoms with Gasteiger partial charge in [0.25, 0.3) is 5.91 Å². The number of carbonyl (C=O) groups excluding carboxylic acids is 2. The van der Waals surface area contributed by atoms with E-state index in [-0.39, 0.29) is 18.1 Å². The first-order valence-electron chi connectivity index (χ1n) is 9.22. The maximum atomic E-state index is 12.5. The number of likely N-dealkylation sites (tertiary alicyclic amines) is 1. The Morgan fingerprint density at radius 1 is 1.38 bits per heavy atom. The van der Waals surface area contributed by atoms with E-state index < -0.39 is 5.97 Å². The Balaban J connectivity index is 1.55. The number of benzene rings is 1. The molecule has 1 amide bonds. The summed E-state index contributed by atoms with van der Waals surface area (Å²) in [5, 5.41) is 3.01. The van der Waals surface area contributed by atoms with Gasteiger partial charge in [-0.05, 0) is 56.9 Å². The summed E-state index contributed by atoms with van der Waals surface area (Å²) < 4.78 is 10.9. The molecule has 0 aromatic heterocycles. The van der Waals surface area contributed by atoms with Crippen molar-refractivity contribution in [2.75, 3.05) is 38.2 Å². The molecule has 0 atom stereocenters. The van der Waals surface area contributed by atoms with Gasteiger partial charge in [0, 0.05) is 5.02 Å². The minimum atomic E-state index is -0.465. The summed E-state index contributed by atoms with van der Waals surface area (Å²) in [6.45, 7) is 5.75. The van der Waals surface area contributed by atoms with Crippen LogP contribution in [0.4, 0.5) is 5.69 Å². The number of nitrogens with zero attached hydrogens (tertiary/aromatic N) is 1. The first-order chi connectivity index (χ1) is 12.6. The van der Waals surface area contributed by atoms with Crippen LogP contribution < -0.4 is 10.1 Å². The number of hydrogen-bond acceptors (Lipinski definition) is 5. The lowest BCUT2D eigenvalue weighted by Crippen LogP contribution is -2.36. The molecule has 2 aliphatic heterocycles. The quantitative estimate of drug-likeness (QED) is 0.766. The fourth-order valence-electron chi connectivity index (χ4n) is 3.35. The molecule has 3 rings (SSSR count). The summed E-state index contributed by atoms with van der Waals surface area (Å²) in [6, 6.07) is 3.09. The fraction of sp³-hybridized carbons (Fsp3) is 0.579. The molecule has 1 aromatic rings. The highest BCUT2D eigenvalue weighted by Crippen LogP contribution is 2.35. The zero-order chi connectivity index (χ0) is 18.5. The molecule has 0 saturated carbocycles. The molecule has 1 N–H and O–H groups in total. The summed E-state index contributed by atoms with van der Waals surface area (Å²) in [5.41, 5.74) is 0.665. The summed E-state index contributed by atoms with van der Waals surface area (Å²) in [7, 11) is 0. The molecule has 1 fully saturated rings. The van der Waals surface area contributed by atoms with E-state index >= 15 is 0 Å². The molecular formula is C19H25ClN2O4. The molecule has 26 heavy (non-hydrogen) atoms. The van der Waals surface area contributed by atoms with Crippen molar-refractivity contribution in [1.29, 1.82) is 0 Å². The highest BCUT2D eigenvalue weighted by atomic mass is 35.5. The molecule has 0 bridgehead atoms. The second kappa shape index (κ2) is 8.73. The fourth-order valence-corrected chi connectivity index (χ4v) is 3.57. The lowest BCUT2D eigenvalue weighted by molar-refractivity contribution is -0.118. The summed E-state index contributed by atoms with van der Waals surface area (Å²) in [4.78, 5) is 26.4. The van der Waals surface area contributed by atoms with Crippen molar-refractivity contribution in [1.82, 2.24) is 4.90 Å². The first kappa shape index (κ1) is 19.0.